The number of thiophene rings is 1. The molecule has 0 saturated carbocycles. The van der Waals surface area contributed by atoms with Crippen LogP contribution in [-0.4, -0.2) is 24.0 Å². The van der Waals surface area contributed by atoms with Crippen LogP contribution in [0, 0.1) is 0 Å². The zero-order valence-electron chi connectivity index (χ0n) is 13.5. The first-order valence-electron chi connectivity index (χ1n) is 7.70. The number of primary amides is 1. The third kappa shape index (κ3) is 3.64. The van der Waals surface area contributed by atoms with E-state index < -0.39 is 5.91 Å². The van der Waals surface area contributed by atoms with Crippen molar-refractivity contribution in [3.05, 3.63) is 45.8 Å². The first-order valence-corrected chi connectivity index (χ1v) is 8.92. The molecule has 0 fully saturated rings. The van der Waals surface area contributed by atoms with E-state index in [0.717, 1.165) is 29.7 Å². The van der Waals surface area contributed by atoms with E-state index in [1.807, 2.05) is 0 Å². The maximum absolute atomic E-state index is 12.2. The van der Waals surface area contributed by atoms with Gasteiger partial charge in [0.25, 0.3) is 11.8 Å². The smallest absolute Gasteiger partial charge is 0.257 e. The Morgan fingerprint density at radius 2 is 1.96 bits per heavy atom. The molecule has 0 aliphatic heterocycles. The van der Waals surface area contributed by atoms with E-state index in [-0.39, 0.29) is 11.0 Å². The molecule has 3 rings (SSSR count). The zero-order chi connectivity index (χ0) is 18.0. The van der Waals surface area contributed by atoms with Crippen molar-refractivity contribution in [1.82, 2.24) is 5.32 Å². The summed E-state index contributed by atoms with van der Waals surface area (Å²) < 4.78 is 5.06. The van der Waals surface area contributed by atoms with Gasteiger partial charge in [0, 0.05) is 10.4 Å². The van der Waals surface area contributed by atoms with Crippen LogP contribution in [0.3, 0.4) is 0 Å². The average Bonchev–Trinajstić information content (AvgIpc) is 3.14. The van der Waals surface area contributed by atoms with Crippen LogP contribution < -0.4 is 21.1 Å². The normalized spacial score (nSPS) is 12.4. The number of amides is 2. The van der Waals surface area contributed by atoms with Crippen molar-refractivity contribution in [1.29, 1.82) is 0 Å². The van der Waals surface area contributed by atoms with Crippen LogP contribution in [0.2, 0.25) is 0 Å². The van der Waals surface area contributed by atoms with E-state index in [9.17, 15) is 9.59 Å². The molecule has 25 heavy (non-hydrogen) atoms. The number of anilines is 1. The summed E-state index contributed by atoms with van der Waals surface area (Å²) in [7, 11) is 1.56. The number of nitrogens with one attached hydrogen (secondary N) is 2. The molecule has 1 aliphatic carbocycles. The molecule has 0 atom stereocenters. The van der Waals surface area contributed by atoms with Gasteiger partial charge < -0.3 is 15.8 Å². The highest BCUT2D eigenvalue weighted by Gasteiger charge is 2.25. The van der Waals surface area contributed by atoms with Crippen LogP contribution in [0.25, 0.3) is 0 Å². The maximum Gasteiger partial charge on any atom is 0.257 e. The SMILES string of the molecule is COc1ccc(C(=O)NC(=S)Nc2sc3c(c2C(N)=O)CCC3)cc1. The van der Waals surface area contributed by atoms with Gasteiger partial charge in [-0.3, -0.25) is 14.9 Å². The average molecular weight is 375 g/mol. The number of hydrogen-bond donors (Lipinski definition) is 3. The summed E-state index contributed by atoms with van der Waals surface area (Å²) in [5, 5.41) is 6.27. The number of rotatable bonds is 4. The molecule has 0 radical (unpaired) electrons. The first kappa shape index (κ1) is 17.4. The minimum atomic E-state index is -0.480. The number of fused-ring (bicyclic) bond motifs is 1. The topological polar surface area (TPSA) is 93.4 Å². The molecule has 0 spiro atoms. The van der Waals surface area contributed by atoms with Gasteiger partial charge in [0.1, 0.15) is 10.8 Å². The molecule has 0 unspecified atom stereocenters. The Balaban J connectivity index is 1.70. The van der Waals surface area contributed by atoms with Gasteiger partial charge in [-0.25, -0.2) is 0 Å². The fourth-order valence-corrected chi connectivity index (χ4v) is 4.36. The quantitative estimate of drug-likeness (QED) is 0.714. The molecule has 2 aromatic rings. The molecule has 130 valence electrons. The number of ether oxygens (including phenoxy) is 1. The van der Waals surface area contributed by atoms with Gasteiger partial charge in [0.05, 0.1) is 12.7 Å². The standard InChI is InChI=1S/C17H17N3O3S2/c1-23-10-7-5-9(6-8-10)15(22)19-17(24)20-16-13(14(18)21)11-3-2-4-12(11)25-16/h5-8H,2-4H2,1H3,(H2,18,21)(H2,19,20,22,24). The summed E-state index contributed by atoms with van der Waals surface area (Å²) in [4.78, 5) is 25.2. The predicted octanol–water partition coefficient (Wildman–Crippen LogP) is 2.47. The lowest BCUT2D eigenvalue weighted by molar-refractivity contribution is 0.0975. The lowest BCUT2D eigenvalue weighted by Crippen LogP contribution is -2.34. The Labute approximate surface area is 154 Å². The summed E-state index contributed by atoms with van der Waals surface area (Å²) in [5.41, 5.74) is 7.45. The van der Waals surface area contributed by atoms with Gasteiger partial charge in [-0.1, -0.05) is 0 Å². The summed E-state index contributed by atoms with van der Waals surface area (Å²) in [6.45, 7) is 0. The molecule has 1 aromatic carbocycles. The molecule has 8 heteroatoms. The first-order chi connectivity index (χ1) is 12.0. The van der Waals surface area contributed by atoms with Gasteiger partial charge in [0.2, 0.25) is 0 Å². The van der Waals surface area contributed by atoms with Crippen LogP contribution in [0.5, 0.6) is 5.75 Å². The number of nitrogens with two attached hydrogens (primary N) is 1. The van der Waals surface area contributed by atoms with Gasteiger partial charge in [0.15, 0.2) is 5.11 Å². The number of methoxy groups -OCH3 is 1. The van der Waals surface area contributed by atoms with Crippen molar-refractivity contribution in [3.8, 4) is 5.75 Å². The number of hydrogen-bond acceptors (Lipinski definition) is 5. The van der Waals surface area contributed by atoms with Crippen LogP contribution in [0.1, 0.15) is 37.6 Å². The highest BCUT2D eigenvalue weighted by molar-refractivity contribution is 7.80. The number of thiocarbonyl (C=S) groups is 1. The van der Waals surface area contributed by atoms with E-state index >= 15 is 0 Å². The third-order valence-electron chi connectivity index (χ3n) is 3.97. The summed E-state index contributed by atoms with van der Waals surface area (Å²) in [6.07, 6.45) is 2.81. The second-order valence-electron chi connectivity index (χ2n) is 5.56. The second kappa shape index (κ2) is 7.20. The highest BCUT2D eigenvalue weighted by Crippen LogP contribution is 2.38. The second-order valence-corrected chi connectivity index (χ2v) is 7.08. The fourth-order valence-electron chi connectivity index (χ4n) is 2.81. The van der Waals surface area contributed by atoms with Gasteiger partial charge in [-0.2, -0.15) is 0 Å². The van der Waals surface area contributed by atoms with Gasteiger partial charge in [-0.05, 0) is 61.3 Å². The minimum absolute atomic E-state index is 0.128. The lowest BCUT2D eigenvalue weighted by Gasteiger charge is -2.10. The van der Waals surface area contributed by atoms with Crippen molar-refractivity contribution >= 4 is 45.5 Å². The summed E-state index contributed by atoms with van der Waals surface area (Å²) in [5.74, 6) is -0.160. The van der Waals surface area contributed by atoms with Crippen molar-refractivity contribution < 1.29 is 14.3 Å². The van der Waals surface area contributed by atoms with E-state index in [1.165, 1.54) is 11.3 Å². The Morgan fingerprint density at radius 3 is 2.60 bits per heavy atom. The Bertz CT molecular complexity index is 844. The molecular formula is C17H17N3O3S2. The predicted molar refractivity (Wildman–Crippen MR) is 102 cm³/mol. The Hall–Kier alpha value is -2.45. The molecule has 0 saturated heterocycles. The van der Waals surface area contributed by atoms with Crippen molar-refractivity contribution in [2.24, 2.45) is 5.73 Å². The van der Waals surface area contributed by atoms with Crippen LogP contribution >= 0.6 is 23.6 Å². The molecule has 0 bridgehead atoms. The van der Waals surface area contributed by atoms with Crippen LogP contribution in [0.4, 0.5) is 5.00 Å². The van der Waals surface area contributed by atoms with Crippen LogP contribution in [0.15, 0.2) is 24.3 Å². The minimum Gasteiger partial charge on any atom is -0.497 e. The molecule has 1 aliphatic rings. The zero-order valence-corrected chi connectivity index (χ0v) is 15.2. The third-order valence-corrected chi connectivity index (χ3v) is 5.39. The molecule has 4 N–H and O–H groups in total. The van der Waals surface area contributed by atoms with E-state index in [4.69, 9.17) is 22.7 Å². The number of benzene rings is 1. The van der Waals surface area contributed by atoms with Crippen molar-refractivity contribution in [2.75, 3.05) is 12.4 Å². The van der Waals surface area contributed by atoms with Gasteiger partial charge >= 0.3 is 0 Å². The fraction of sp³-hybridized carbons (Fsp3) is 0.235. The lowest BCUT2D eigenvalue weighted by atomic mass is 10.1. The van der Waals surface area contributed by atoms with Crippen molar-refractivity contribution in [3.63, 3.8) is 0 Å². The summed E-state index contributed by atoms with van der Waals surface area (Å²) >= 11 is 6.67. The highest BCUT2D eigenvalue weighted by atomic mass is 32.1. The van der Waals surface area contributed by atoms with E-state index in [1.54, 1.807) is 31.4 Å². The summed E-state index contributed by atoms with van der Waals surface area (Å²) in [6, 6.07) is 6.68. The van der Waals surface area contributed by atoms with Crippen LogP contribution in [-0.2, 0) is 12.8 Å². The molecule has 2 amide bonds. The Morgan fingerprint density at radius 1 is 1.24 bits per heavy atom. The molecule has 6 nitrogen and oxygen atoms in total. The number of carbonyl (C=O) groups is 2. The number of carbonyl (C=O) groups excluding carboxylic acids is 2. The molecule has 1 heterocycles. The number of aryl methyl sites for hydroxylation is 1. The van der Waals surface area contributed by atoms with E-state index in [0.29, 0.717) is 21.9 Å². The van der Waals surface area contributed by atoms with E-state index in [2.05, 4.69) is 10.6 Å². The molecular weight excluding hydrogens is 358 g/mol. The Kier molecular flexibility index (Phi) is 5.00. The molecule has 1 aromatic heterocycles. The maximum atomic E-state index is 12.2. The van der Waals surface area contributed by atoms with Gasteiger partial charge in [-0.15, -0.1) is 11.3 Å². The van der Waals surface area contributed by atoms with Crippen molar-refractivity contribution in [2.45, 2.75) is 19.3 Å². The monoisotopic (exact) mass is 375 g/mol. The largest absolute Gasteiger partial charge is 0.497 e.